The molecule has 0 radical (unpaired) electrons. The molecule has 1 aromatic carbocycles. The van der Waals surface area contributed by atoms with E-state index in [1.54, 1.807) is 6.07 Å². The molecule has 37 heavy (non-hydrogen) atoms. The Hall–Kier alpha value is -3.22. The van der Waals surface area contributed by atoms with Crippen molar-refractivity contribution in [1.82, 2.24) is 14.5 Å². The Kier molecular flexibility index (Phi) is 6.95. The Morgan fingerprint density at radius 1 is 1.24 bits per heavy atom. The SMILES string of the molecule is CC(=O)O[C@H]1[C@H](n2ccc3c(Cl)ncnc32)O[C@H]([C@](C)(O)c2cc(F)cc(C(F)F)c2)[C@@]1(C)OC(C)=O. The average molecular weight is 542 g/mol. The second-order valence-corrected chi connectivity index (χ2v) is 9.42. The Morgan fingerprint density at radius 3 is 2.57 bits per heavy atom. The molecular weight excluding hydrogens is 519 g/mol. The van der Waals surface area contributed by atoms with E-state index >= 15 is 0 Å². The number of benzene rings is 1. The predicted molar refractivity (Wildman–Crippen MR) is 123 cm³/mol. The van der Waals surface area contributed by atoms with Crippen molar-refractivity contribution in [2.75, 3.05) is 0 Å². The maximum absolute atomic E-state index is 14.3. The van der Waals surface area contributed by atoms with Gasteiger partial charge in [-0.05, 0) is 43.7 Å². The molecule has 2 aromatic heterocycles. The summed E-state index contributed by atoms with van der Waals surface area (Å²) >= 11 is 6.16. The number of esters is 2. The largest absolute Gasteiger partial charge is 0.453 e. The maximum Gasteiger partial charge on any atom is 0.303 e. The smallest absolute Gasteiger partial charge is 0.303 e. The first kappa shape index (κ1) is 26.8. The van der Waals surface area contributed by atoms with Gasteiger partial charge in [0.2, 0.25) is 0 Å². The van der Waals surface area contributed by atoms with Gasteiger partial charge in [-0.1, -0.05) is 11.6 Å². The molecule has 3 heterocycles. The van der Waals surface area contributed by atoms with Gasteiger partial charge in [-0.3, -0.25) is 9.59 Å². The number of alkyl halides is 2. The van der Waals surface area contributed by atoms with E-state index in [-0.39, 0.29) is 16.4 Å². The quantitative estimate of drug-likeness (QED) is 0.365. The monoisotopic (exact) mass is 541 g/mol. The molecule has 0 amide bonds. The van der Waals surface area contributed by atoms with Crippen LogP contribution in [0.2, 0.25) is 5.15 Å². The van der Waals surface area contributed by atoms with Gasteiger partial charge in [-0.15, -0.1) is 0 Å². The first-order valence-corrected chi connectivity index (χ1v) is 11.4. The van der Waals surface area contributed by atoms with Gasteiger partial charge in [0.15, 0.2) is 17.9 Å². The number of ether oxygens (including phenoxy) is 3. The van der Waals surface area contributed by atoms with Gasteiger partial charge in [-0.2, -0.15) is 0 Å². The number of aromatic nitrogens is 3. The molecule has 13 heteroatoms. The summed E-state index contributed by atoms with van der Waals surface area (Å²) in [5.41, 5.74) is -4.76. The van der Waals surface area contributed by atoms with Gasteiger partial charge < -0.3 is 23.9 Å². The number of fused-ring (bicyclic) bond motifs is 1. The van der Waals surface area contributed by atoms with Crippen LogP contribution in [0, 0.1) is 5.82 Å². The van der Waals surface area contributed by atoms with Crippen molar-refractivity contribution in [1.29, 1.82) is 0 Å². The average Bonchev–Trinajstić information content (AvgIpc) is 3.33. The van der Waals surface area contributed by atoms with Crippen LogP contribution in [0.3, 0.4) is 0 Å². The summed E-state index contributed by atoms with van der Waals surface area (Å²) in [5, 5.41) is 12.2. The third-order valence-electron chi connectivity index (χ3n) is 6.28. The van der Waals surface area contributed by atoms with Gasteiger partial charge >= 0.3 is 11.9 Å². The zero-order chi connectivity index (χ0) is 27.3. The van der Waals surface area contributed by atoms with Gasteiger partial charge in [-0.25, -0.2) is 23.1 Å². The molecule has 9 nitrogen and oxygen atoms in total. The lowest BCUT2D eigenvalue weighted by atomic mass is 9.79. The highest BCUT2D eigenvalue weighted by atomic mass is 35.5. The standard InChI is InChI=1S/C24H23ClF3N3O6/c1-11(32)35-17-21(31-6-5-16-18(25)29-10-30-20(16)31)36-22(24(17,4)37-12(2)33)23(3,34)14-7-13(19(27)28)8-15(26)9-14/h5-10,17,19,21-22,34H,1-4H3/t17-,21+,22+,23+,24-/m0/s1. The van der Waals surface area contributed by atoms with Gasteiger partial charge in [0.25, 0.3) is 6.43 Å². The molecule has 0 bridgehead atoms. The highest BCUT2D eigenvalue weighted by Gasteiger charge is 2.65. The summed E-state index contributed by atoms with van der Waals surface area (Å²) < 4.78 is 59.9. The summed E-state index contributed by atoms with van der Waals surface area (Å²) in [6.45, 7) is 4.79. The van der Waals surface area contributed by atoms with E-state index in [4.69, 9.17) is 25.8 Å². The van der Waals surface area contributed by atoms with Crippen LogP contribution in [-0.2, 0) is 29.4 Å². The van der Waals surface area contributed by atoms with Crippen LogP contribution >= 0.6 is 11.6 Å². The molecule has 0 aliphatic carbocycles. The topological polar surface area (TPSA) is 113 Å². The summed E-state index contributed by atoms with van der Waals surface area (Å²) in [6, 6.07) is 4.03. The van der Waals surface area contributed by atoms with Crippen LogP contribution < -0.4 is 0 Å². The highest BCUT2D eigenvalue weighted by Crippen LogP contribution is 2.49. The second kappa shape index (κ2) is 9.58. The summed E-state index contributed by atoms with van der Waals surface area (Å²) in [5.74, 6) is -2.58. The van der Waals surface area contributed by atoms with E-state index < -0.39 is 59.4 Å². The first-order chi connectivity index (χ1) is 17.3. The molecule has 0 unspecified atom stereocenters. The highest BCUT2D eigenvalue weighted by molar-refractivity contribution is 6.33. The number of carbonyl (C=O) groups is 2. The molecule has 1 aliphatic heterocycles. The third kappa shape index (κ3) is 4.76. The number of aliphatic hydroxyl groups is 1. The number of hydrogen-bond donors (Lipinski definition) is 1. The van der Waals surface area contributed by atoms with Crippen LogP contribution in [0.4, 0.5) is 13.2 Å². The predicted octanol–water partition coefficient (Wildman–Crippen LogP) is 4.22. The van der Waals surface area contributed by atoms with E-state index in [1.165, 1.54) is 30.9 Å². The minimum atomic E-state index is -3.02. The van der Waals surface area contributed by atoms with Crippen LogP contribution in [0.5, 0.6) is 0 Å². The number of halogens is 4. The van der Waals surface area contributed by atoms with Gasteiger partial charge in [0.1, 0.15) is 34.6 Å². The summed E-state index contributed by atoms with van der Waals surface area (Å²) in [4.78, 5) is 32.4. The molecule has 0 spiro atoms. The number of carbonyl (C=O) groups excluding carboxylic acids is 2. The van der Waals surface area contributed by atoms with Crippen molar-refractivity contribution in [2.45, 2.75) is 63.8 Å². The summed E-state index contributed by atoms with van der Waals surface area (Å²) in [7, 11) is 0. The van der Waals surface area contributed by atoms with E-state index in [9.17, 15) is 27.9 Å². The zero-order valence-electron chi connectivity index (χ0n) is 20.1. The van der Waals surface area contributed by atoms with Crippen molar-refractivity contribution in [3.8, 4) is 0 Å². The fourth-order valence-electron chi connectivity index (χ4n) is 4.78. The van der Waals surface area contributed by atoms with Crippen molar-refractivity contribution in [3.05, 3.63) is 58.9 Å². The van der Waals surface area contributed by atoms with Crippen LogP contribution in [0.15, 0.2) is 36.8 Å². The van der Waals surface area contributed by atoms with Crippen molar-refractivity contribution in [3.63, 3.8) is 0 Å². The summed E-state index contributed by atoms with van der Waals surface area (Å²) in [6.07, 6.45) is -4.44. The van der Waals surface area contributed by atoms with Crippen molar-refractivity contribution in [2.24, 2.45) is 0 Å². The normalized spacial score (nSPS) is 25.3. The molecular formula is C24H23ClF3N3O6. The Labute approximate surface area is 214 Å². The first-order valence-electron chi connectivity index (χ1n) is 11.1. The fraction of sp³-hybridized carbons (Fsp3) is 0.417. The Bertz CT molecular complexity index is 1370. The Morgan fingerprint density at radius 2 is 1.95 bits per heavy atom. The van der Waals surface area contributed by atoms with E-state index in [0.717, 1.165) is 26.0 Å². The Balaban J connectivity index is 1.91. The van der Waals surface area contributed by atoms with Crippen molar-refractivity contribution >= 4 is 34.6 Å². The van der Waals surface area contributed by atoms with E-state index in [0.29, 0.717) is 11.5 Å². The van der Waals surface area contributed by atoms with E-state index in [1.807, 2.05) is 0 Å². The molecule has 0 saturated carbocycles. The molecule has 1 fully saturated rings. The van der Waals surface area contributed by atoms with Crippen LogP contribution in [0.25, 0.3) is 11.0 Å². The fourth-order valence-corrected chi connectivity index (χ4v) is 4.97. The van der Waals surface area contributed by atoms with E-state index in [2.05, 4.69) is 9.97 Å². The van der Waals surface area contributed by atoms with Crippen molar-refractivity contribution < 1.29 is 42.1 Å². The van der Waals surface area contributed by atoms with Gasteiger partial charge in [0, 0.05) is 25.6 Å². The zero-order valence-corrected chi connectivity index (χ0v) is 20.9. The van der Waals surface area contributed by atoms with Crippen LogP contribution in [-0.4, -0.2) is 49.4 Å². The number of rotatable bonds is 6. The molecule has 5 atom stereocenters. The lowest BCUT2D eigenvalue weighted by Crippen LogP contribution is -2.56. The molecule has 1 saturated heterocycles. The minimum absolute atomic E-state index is 0.136. The minimum Gasteiger partial charge on any atom is -0.453 e. The molecule has 1 N–H and O–H groups in total. The molecule has 1 aliphatic rings. The number of nitrogens with zero attached hydrogens (tertiary/aromatic N) is 3. The third-order valence-corrected chi connectivity index (χ3v) is 6.58. The molecule has 4 rings (SSSR count). The maximum atomic E-state index is 14.3. The van der Waals surface area contributed by atoms with Crippen LogP contribution in [0.1, 0.15) is 51.5 Å². The second-order valence-electron chi connectivity index (χ2n) is 9.06. The molecule has 3 aromatic rings. The lowest BCUT2D eigenvalue weighted by Gasteiger charge is -2.40. The molecule has 198 valence electrons. The number of hydrogen-bond acceptors (Lipinski definition) is 8. The van der Waals surface area contributed by atoms with Gasteiger partial charge in [0.05, 0.1) is 5.39 Å². The lowest BCUT2D eigenvalue weighted by molar-refractivity contribution is -0.196.